The van der Waals surface area contributed by atoms with E-state index >= 15 is 0 Å². The molecule has 0 saturated heterocycles. The van der Waals surface area contributed by atoms with Crippen molar-refractivity contribution in [2.75, 3.05) is 7.11 Å². The van der Waals surface area contributed by atoms with Crippen molar-refractivity contribution in [3.05, 3.63) is 48.0 Å². The average Bonchev–Trinajstić information content (AvgIpc) is 2.89. The smallest absolute Gasteiger partial charge is 0.120 e. The molecule has 0 amide bonds. The van der Waals surface area contributed by atoms with Gasteiger partial charge in [0.05, 0.1) is 13.7 Å². The first-order valence-corrected chi connectivity index (χ1v) is 5.65. The lowest BCUT2D eigenvalue weighted by Gasteiger charge is -2.14. The fourth-order valence-corrected chi connectivity index (χ4v) is 1.67. The number of nitrogens with zero attached hydrogens (tertiary/aromatic N) is 1. The van der Waals surface area contributed by atoms with E-state index in [9.17, 15) is 0 Å². The fourth-order valence-electron chi connectivity index (χ4n) is 1.67. The molecule has 0 aliphatic rings. The van der Waals surface area contributed by atoms with E-state index in [1.807, 2.05) is 24.4 Å². The highest BCUT2D eigenvalue weighted by Crippen LogP contribution is 2.18. The predicted octanol–water partition coefficient (Wildman–Crippen LogP) is 2.27. The molecule has 1 atom stereocenters. The number of H-pyrrole nitrogens is 1. The summed E-state index contributed by atoms with van der Waals surface area (Å²) in [4.78, 5) is 7.24. The van der Waals surface area contributed by atoms with Crippen LogP contribution in [0.2, 0.25) is 0 Å². The normalized spacial score (nSPS) is 12.4. The van der Waals surface area contributed by atoms with Gasteiger partial charge in [0.1, 0.15) is 11.6 Å². The largest absolute Gasteiger partial charge is 0.497 e. The van der Waals surface area contributed by atoms with Crippen LogP contribution in [0.25, 0.3) is 0 Å². The molecule has 1 aromatic carbocycles. The number of nitrogens with one attached hydrogen (secondary N) is 2. The maximum absolute atomic E-state index is 5.21. The van der Waals surface area contributed by atoms with Gasteiger partial charge in [0, 0.05) is 18.4 Å². The number of aromatic amines is 1. The Morgan fingerprint density at radius 1 is 1.47 bits per heavy atom. The van der Waals surface area contributed by atoms with Crippen LogP contribution in [0.4, 0.5) is 0 Å². The van der Waals surface area contributed by atoms with Crippen molar-refractivity contribution in [1.82, 2.24) is 15.3 Å². The Bertz CT molecular complexity index is 453. The number of aromatic nitrogens is 2. The average molecular weight is 231 g/mol. The van der Waals surface area contributed by atoms with Crippen LogP contribution in [-0.2, 0) is 6.54 Å². The van der Waals surface area contributed by atoms with E-state index in [0.717, 1.165) is 18.1 Å². The SMILES string of the molecule is COc1cccc([C@H](C)NCc2ncc[nH]2)c1. The molecule has 1 aromatic heterocycles. The molecule has 2 N–H and O–H groups in total. The van der Waals surface area contributed by atoms with E-state index in [-0.39, 0.29) is 6.04 Å². The van der Waals surface area contributed by atoms with Crippen molar-refractivity contribution in [2.45, 2.75) is 19.5 Å². The molecular weight excluding hydrogens is 214 g/mol. The minimum atomic E-state index is 0.259. The summed E-state index contributed by atoms with van der Waals surface area (Å²) in [6, 6.07) is 8.33. The van der Waals surface area contributed by atoms with Crippen molar-refractivity contribution in [3.63, 3.8) is 0 Å². The predicted molar refractivity (Wildman–Crippen MR) is 66.8 cm³/mol. The Hall–Kier alpha value is -1.81. The van der Waals surface area contributed by atoms with E-state index in [2.05, 4.69) is 28.3 Å². The first kappa shape index (κ1) is 11.7. The topological polar surface area (TPSA) is 49.9 Å². The third-order valence-corrected chi connectivity index (χ3v) is 2.72. The Labute approximate surface area is 101 Å². The van der Waals surface area contributed by atoms with Crippen molar-refractivity contribution >= 4 is 0 Å². The molecule has 0 radical (unpaired) electrons. The van der Waals surface area contributed by atoms with Crippen LogP contribution in [0.1, 0.15) is 24.4 Å². The van der Waals surface area contributed by atoms with Gasteiger partial charge in [-0.2, -0.15) is 0 Å². The summed E-state index contributed by atoms with van der Waals surface area (Å²) in [5, 5.41) is 3.40. The lowest BCUT2D eigenvalue weighted by atomic mass is 10.1. The molecule has 17 heavy (non-hydrogen) atoms. The van der Waals surface area contributed by atoms with Gasteiger partial charge in [0.25, 0.3) is 0 Å². The minimum Gasteiger partial charge on any atom is -0.497 e. The van der Waals surface area contributed by atoms with Gasteiger partial charge in [0.15, 0.2) is 0 Å². The van der Waals surface area contributed by atoms with Crippen molar-refractivity contribution in [2.24, 2.45) is 0 Å². The van der Waals surface area contributed by atoms with E-state index in [1.165, 1.54) is 5.56 Å². The van der Waals surface area contributed by atoms with Gasteiger partial charge in [-0.25, -0.2) is 4.98 Å². The molecule has 0 bridgehead atoms. The second kappa shape index (κ2) is 5.50. The molecule has 0 spiro atoms. The van der Waals surface area contributed by atoms with Crippen molar-refractivity contribution < 1.29 is 4.74 Å². The fraction of sp³-hybridized carbons (Fsp3) is 0.308. The summed E-state index contributed by atoms with van der Waals surface area (Å²) >= 11 is 0. The Morgan fingerprint density at radius 2 is 2.35 bits per heavy atom. The number of imidazole rings is 1. The number of methoxy groups -OCH3 is 1. The van der Waals surface area contributed by atoms with Crippen molar-refractivity contribution in [1.29, 1.82) is 0 Å². The van der Waals surface area contributed by atoms with E-state index in [4.69, 9.17) is 4.74 Å². The number of hydrogen-bond donors (Lipinski definition) is 2. The van der Waals surface area contributed by atoms with Crippen LogP contribution in [0, 0.1) is 0 Å². The van der Waals surface area contributed by atoms with Gasteiger partial charge in [-0.05, 0) is 24.6 Å². The zero-order valence-electron chi connectivity index (χ0n) is 10.1. The van der Waals surface area contributed by atoms with Crippen LogP contribution >= 0.6 is 0 Å². The molecule has 4 heteroatoms. The molecule has 0 unspecified atom stereocenters. The zero-order valence-corrected chi connectivity index (χ0v) is 10.1. The molecule has 1 heterocycles. The van der Waals surface area contributed by atoms with Crippen LogP contribution < -0.4 is 10.1 Å². The first-order chi connectivity index (χ1) is 8.29. The maximum Gasteiger partial charge on any atom is 0.120 e. The third kappa shape index (κ3) is 3.07. The second-order valence-electron chi connectivity index (χ2n) is 3.92. The van der Waals surface area contributed by atoms with Crippen LogP contribution in [0.5, 0.6) is 5.75 Å². The minimum absolute atomic E-state index is 0.259. The van der Waals surface area contributed by atoms with Gasteiger partial charge < -0.3 is 15.0 Å². The lowest BCUT2D eigenvalue weighted by Crippen LogP contribution is -2.18. The second-order valence-corrected chi connectivity index (χ2v) is 3.92. The molecule has 4 nitrogen and oxygen atoms in total. The number of hydrogen-bond acceptors (Lipinski definition) is 3. The molecule has 0 fully saturated rings. The van der Waals surface area contributed by atoms with Gasteiger partial charge in [-0.15, -0.1) is 0 Å². The Morgan fingerprint density at radius 3 is 3.06 bits per heavy atom. The summed E-state index contributed by atoms with van der Waals surface area (Å²) in [6.45, 7) is 2.85. The quantitative estimate of drug-likeness (QED) is 0.830. The monoisotopic (exact) mass is 231 g/mol. The number of benzene rings is 1. The van der Waals surface area contributed by atoms with Crippen LogP contribution in [0.15, 0.2) is 36.7 Å². The molecule has 90 valence electrons. The highest BCUT2D eigenvalue weighted by atomic mass is 16.5. The third-order valence-electron chi connectivity index (χ3n) is 2.72. The molecule has 2 rings (SSSR count). The Balaban J connectivity index is 1.96. The molecule has 0 saturated carbocycles. The summed E-state index contributed by atoms with van der Waals surface area (Å²) in [6.07, 6.45) is 3.58. The Kier molecular flexibility index (Phi) is 3.77. The van der Waals surface area contributed by atoms with E-state index in [0.29, 0.717) is 0 Å². The maximum atomic E-state index is 5.21. The summed E-state index contributed by atoms with van der Waals surface area (Å²) < 4.78 is 5.21. The van der Waals surface area contributed by atoms with E-state index < -0.39 is 0 Å². The molecular formula is C13H17N3O. The van der Waals surface area contributed by atoms with Gasteiger partial charge in [0.2, 0.25) is 0 Å². The van der Waals surface area contributed by atoms with Gasteiger partial charge in [-0.3, -0.25) is 0 Å². The number of rotatable bonds is 5. The highest BCUT2D eigenvalue weighted by Gasteiger charge is 2.06. The van der Waals surface area contributed by atoms with Gasteiger partial charge in [-0.1, -0.05) is 12.1 Å². The first-order valence-electron chi connectivity index (χ1n) is 5.65. The van der Waals surface area contributed by atoms with E-state index in [1.54, 1.807) is 13.3 Å². The molecule has 0 aliphatic carbocycles. The molecule has 2 aromatic rings. The van der Waals surface area contributed by atoms with Gasteiger partial charge >= 0.3 is 0 Å². The summed E-state index contributed by atoms with van der Waals surface area (Å²) in [5.41, 5.74) is 1.20. The highest BCUT2D eigenvalue weighted by molar-refractivity contribution is 5.30. The molecule has 0 aliphatic heterocycles. The lowest BCUT2D eigenvalue weighted by molar-refractivity contribution is 0.413. The van der Waals surface area contributed by atoms with Crippen LogP contribution in [0.3, 0.4) is 0 Å². The van der Waals surface area contributed by atoms with Crippen LogP contribution in [-0.4, -0.2) is 17.1 Å². The standard InChI is InChI=1S/C13H17N3O/c1-10(16-9-13-14-6-7-15-13)11-4-3-5-12(8-11)17-2/h3-8,10,16H,9H2,1-2H3,(H,14,15)/t10-/m0/s1. The summed E-state index contributed by atoms with van der Waals surface area (Å²) in [7, 11) is 1.68. The summed E-state index contributed by atoms with van der Waals surface area (Å²) in [5.74, 6) is 1.83. The number of ether oxygens (including phenoxy) is 1. The zero-order chi connectivity index (χ0) is 12.1. The van der Waals surface area contributed by atoms with Crippen molar-refractivity contribution in [3.8, 4) is 5.75 Å².